The van der Waals surface area contributed by atoms with Gasteiger partial charge in [0.15, 0.2) is 0 Å². The molecule has 4 heteroatoms. The third-order valence-electron chi connectivity index (χ3n) is 2.19. The minimum Gasteiger partial charge on any atom is -0.350 e. The normalized spacial score (nSPS) is 11.8. The van der Waals surface area contributed by atoms with Crippen LogP contribution in [0.25, 0.3) is 0 Å². The summed E-state index contributed by atoms with van der Waals surface area (Å²) in [4.78, 5) is 11.7. The molecule has 0 aliphatic rings. The highest BCUT2D eigenvalue weighted by Crippen LogP contribution is 2.06. The van der Waals surface area contributed by atoms with Gasteiger partial charge in [-0.15, -0.1) is 12.4 Å². The second-order valence-electron chi connectivity index (χ2n) is 4.51. The van der Waals surface area contributed by atoms with Crippen molar-refractivity contribution < 1.29 is 4.79 Å². The fourth-order valence-electron chi connectivity index (χ4n) is 1.51. The number of carbonyl (C=O) groups is 1. The smallest absolute Gasteiger partial charge is 0.251 e. The van der Waals surface area contributed by atoms with Crippen LogP contribution in [0.1, 0.15) is 36.7 Å². The monoisotopic (exact) mass is 256 g/mol. The van der Waals surface area contributed by atoms with Crippen LogP contribution in [0.15, 0.2) is 24.3 Å². The van der Waals surface area contributed by atoms with Gasteiger partial charge in [0.25, 0.3) is 5.91 Å². The molecule has 0 radical (unpaired) electrons. The van der Waals surface area contributed by atoms with Gasteiger partial charge >= 0.3 is 0 Å². The summed E-state index contributed by atoms with van der Waals surface area (Å²) in [6.07, 6.45) is 0.839. The molecular formula is C13H21ClN2O. The van der Waals surface area contributed by atoms with Gasteiger partial charge in [0.2, 0.25) is 0 Å². The molecule has 1 rings (SSSR count). The Kier molecular flexibility index (Phi) is 6.85. The van der Waals surface area contributed by atoms with E-state index in [2.05, 4.69) is 5.32 Å². The molecule has 3 N–H and O–H groups in total. The standard InChI is InChI=1S/C13H20N2O.ClH/c1-9(2)15-13(16)12-6-4-11(5-7-12)8-10(3)14;/h4-7,9-10H,8,14H2,1-3H3,(H,15,16);1H. The van der Waals surface area contributed by atoms with E-state index in [4.69, 9.17) is 5.73 Å². The Morgan fingerprint density at radius 3 is 2.18 bits per heavy atom. The van der Waals surface area contributed by atoms with Crippen molar-refractivity contribution in [1.29, 1.82) is 0 Å². The molecule has 0 aliphatic carbocycles. The molecule has 0 spiro atoms. The zero-order chi connectivity index (χ0) is 12.1. The largest absolute Gasteiger partial charge is 0.350 e. The first-order valence-electron chi connectivity index (χ1n) is 5.64. The number of carbonyl (C=O) groups excluding carboxylic acids is 1. The molecule has 96 valence electrons. The summed E-state index contributed by atoms with van der Waals surface area (Å²) in [5.41, 5.74) is 7.57. The van der Waals surface area contributed by atoms with Crippen molar-refractivity contribution in [3.63, 3.8) is 0 Å². The maximum absolute atomic E-state index is 11.7. The molecule has 0 heterocycles. The van der Waals surface area contributed by atoms with Crippen LogP contribution in [-0.2, 0) is 6.42 Å². The molecule has 3 nitrogen and oxygen atoms in total. The zero-order valence-corrected chi connectivity index (χ0v) is 11.4. The highest BCUT2D eigenvalue weighted by molar-refractivity contribution is 5.94. The average molecular weight is 257 g/mol. The van der Waals surface area contributed by atoms with Crippen LogP contribution < -0.4 is 11.1 Å². The highest BCUT2D eigenvalue weighted by atomic mass is 35.5. The van der Waals surface area contributed by atoms with Gasteiger partial charge in [-0.2, -0.15) is 0 Å². The molecule has 0 saturated carbocycles. The third-order valence-corrected chi connectivity index (χ3v) is 2.19. The molecule has 0 bridgehead atoms. The molecular weight excluding hydrogens is 236 g/mol. The Hall–Kier alpha value is -1.06. The first kappa shape index (κ1) is 15.9. The predicted octanol–water partition coefficient (Wildman–Crippen LogP) is 2.14. The molecule has 0 aromatic heterocycles. The Labute approximate surface area is 109 Å². The van der Waals surface area contributed by atoms with E-state index in [1.165, 1.54) is 0 Å². The van der Waals surface area contributed by atoms with Gasteiger partial charge in [0.05, 0.1) is 0 Å². The number of rotatable bonds is 4. The van der Waals surface area contributed by atoms with E-state index in [0.29, 0.717) is 5.56 Å². The molecule has 0 fully saturated rings. The minimum absolute atomic E-state index is 0. The van der Waals surface area contributed by atoms with E-state index in [9.17, 15) is 4.79 Å². The average Bonchev–Trinajstić information content (AvgIpc) is 2.16. The van der Waals surface area contributed by atoms with Crippen molar-refractivity contribution in [1.82, 2.24) is 5.32 Å². The van der Waals surface area contributed by atoms with Crippen LogP contribution in [0.2, 0.25) is 0 Å². The first-order valence-corrected chi connectivity index (χ1v) is 5.64. The molecule has 17 heavy (non-hydrogen) atoms. The van der Waals surface area contributed by atoms with Crippen molar-refractivity contribution in [3.05, 3.63) is 35.4 Å². The lowest BCUT2D eigenvalue weighted by Gasteiger charge is -2.09. The predicted molar refractivity (Wildman–Crippen MR) is 73.6 cm³/mol. The van der Waals surface area contributed by atoms with Gasteiger partial charge in [0, 0.05) is 17.6 Å². The van der Waals surface area contributed by atoms with E-state index in [0.717, 1.165) is 12.0 Å². The lowest BCUT2D eigenvalue weighted by molar-refractivity contribution is 0.0943. The molecule has 1 atom stereocenters. The molecule has 0 aliphatic heterocycles. The third kappa shape index (κ3) is 5.71. The van der Waals surface area contributed by atoms with Crippen molar-refractivity contribution in [2.24, 2.45) is 5.73 Å². The van der Waals surface area contributed by atoms with Gasteiger partial charge in [-0.25, -0.2) is 0 Å². The fraction of sp³-hybridized carbons (Fsp3) is 0.462. The summed E-state index contributed by atoms with van der Waals surface area (Å²) in [7, 11) is 0. The minimum atomic E-state index is -0.0256. The number of halogens is 1. The summed E-state index contributed by atoms with van der Waals surface area (Å²) in [6.45, 7) is 5.87. The molecule has 1 amide bonds. The number of hydrogen-bond donors (Lipinski definition) is 2. The van der Waals surface area contributed by atoms with E-state index in [1.54, 1.807) is 0 Å². The Morgan fingerprint density at radius 2 is 1.76 bits per heavy atom. The Balaban J connectivity index is 0.00000256. The topological polar surface area (TPSA) is 55.1 Å². The summed E-state index contributed by atoms with van der Waals surface area (Å²) < 4.78 is 0. The fourth-order valence-corrected chi connectivity index (χ4v) is 1.51. The number of benzene rings is 1. The second-order valence-corrected chi connectivity index (χ2v) is 4.51. The van der Waals surface area contributed by atoms with Gasteiger partial charge in [-0.1, -0.05) is 12.1 Å². The van der Waals surface area contributed by atoms with Crippen LogP contribution in [0.4, 0.5) is 0 Å². The quantitative estimate of drug-likeness (QED) is 0.867. The van der Waals surface area contributed by atoms with Crippen LogP contribution in [0.5, 0.6) is 0 Å². The summed E-state index contributed by atoms with van der Waals surface area (Å²) >= 11 is 0. The number of amides is 1. The maximum atomic E-state index is 11.7. The Morgan fingerprint density at radius 1 is 1.24 bits per heavy atom. The highest BCUT2D eigenvalue weighted by Gasteiger charge is 2.06. The van der Waals surface area contributed by atoms with Crippen LogP contribution in [-0.4, -0.2) is 18.0 Å². The zero-order valence-electron chi connectivity index (χ0n) is 10.6. The summed E-state index contributed by atoms with van der Waals surface area (Å²) in [5, 5.41) is 2.86. The van der Waals surface area contributed by atoms with E-state index >= 15 is 0 Å². The van der Waals surface area contributed by atoms with E-state index in [1.807, 2.05) is 45.0 Å². The molecule has 1 aromatic rings. The van der Waals surface area contributed by atoms with E-state index in [-0.39, 0.29) is 30.4 Å². The van der Waals surface area contributed by atoms with Gasteiger partial charge in [0.1, 0.15) is 0 Å². The number of nitrogens with two attached hydrogens (primary N) is 1. The van der Waals surface area contributed by atoms with Crippen molar-refractivity contribution in [2.75, 3.05) is 0 Å². The van der Waals surface area contributed by atoms with Gasteiger partial charge in [-0.05, 0) is 44.9 Å². The van der Waals surface area contributed by atoms with Gasteiger partial charge in [-0.3, -0.25) is 4.79 Å². The van der Waals surface area contributed by atoms with Crippen LogP contribution >= 0.6 is 12.4 Å². The van der Waals surface area contributed by atoms with Crippen LogP contribution in [0.3, 0.4) is 0 Å². The lowest BCUT2D eigenvalue weighted by atomic mass is 10.1. The van der Waals surface area contributed by atoms with Crippen molar-refractivity contribution in [2.45, 2.75) is 39.3 Å². The molecule has 1 unspecified atom stereocenters. The van der Waals surface area contributed by atoms with Crippen LogP contribution in [0, 0.1) is 0 Å². The number of nitrogens with one attached hydrogen (secondary N) is 1. The SMILES string of the molecule is CC(N)Cc1ccc(C(=O)NC(C)C)cc1.Cl. The second kappa shape index (κ2) is 7.30. The number of hydrogen-bond acceptors (Lipinski definition) is 2. The molecule has 0 saturated heterocycles. The summed E-state index contributed by atoms with van der Waals surface area (Å²) in [5.74, 6) is -0.0256. The first-order chi connectivity index (χ1) is 7.49. The van der Waals surface area contributed by atoms with Crippen molar-refractivity contribution in [3.8, 4) is 0 Å². The Bertz CT molecular complexity index is 347. The van der Waals surface area contributed by atoms with E-state index < -0.39 is 0 Å². The van der Waals surface area contributed by atoms with Gasteiger partial charge < -0.3 is 11.1 Å². The maximum Gasteiger partial charge on any atom is 0.251 e. The molecule has 1 aromatic carbocycles. The lowest BCUT2D eigenvalue weighted by Crippen LogP contribution is -2.30. The summed E-state index contributed by atoms with van der Waals surface area (Å²) in [6, 6.07) is 7.91. The van der Waals surface area contributed by atoms with Crippen molar-refractivity contribution >= 4 is 18.3 Å².